The molecule has 2 unspecified atom stereocenters. The average Bonchev–Trinajstić information content (AvgIpc) is 2.90. The highest BCUT2D eigenvalue weighted by molar-refractivity contribution is 7.81. The maximum Gasteiger partial charge on any atom is 0.411 e. The molecule has 0 aliphatic carbocycles. The van der Waals surface area contributed by atoms with Gasteiger partial charge in [0.1, 0.15) is 6.61 Å². The largest absolute Gasteiger partial charge is 0.447 e. The zero-order valence-electron chi connectivity index (χ0n) is 13.7. The predicted octanol–water partition coefficient (Wildman–Crippen LogP) is 3.83. The number of rotatable bonds is 7. The Labute approximate surface area is 156 Å². The van der Waals surface area contributed by atoms with Crippen molar-refractivity contribution in [2.24, 2.45) is 0 Å². The molecule has 2 aromatic rings. The summed E-state index contributed by atoms with van der Waals surface area (Å²) in [5.74, 6) is 0. The fourth-order valence-electron chi connectivity index (χ4n) is 2.36. The summed E-state index contributed by atoms with van der Waals surface area (Å²) < 4.78 is 7.92. The van der Waals surface area contributed by atoms with Gasteiger partial charge in [0, 0.05) is 0 Å². The van der Waals surface area contributed by atoms with E-state index in [-0.39, 0.29) is 22.2 Å². The smallest absolute Gasteiger partial charge is 0.411 e. The number of nitrogens with zero attached hydrogens (tertiary/aromatic N) is 2. The Bertz CT molecular complexity index is 733. The Balaban J connectivity index is 2.03. The minimum atomic E-state index is -0.453. The van der Waals surface area contributed by atoms with Crippen LogP contribution in [0.15, 0.2) is 29.1 Å². The van der Waals surface area contributed by atoms with E-state index in [9.17, 15) is 9.59 Å². The molecule has 1 aromatic heterocycles. The summed E-state index contributed by atoms with van der Waals surface area (Å²) in [6.07, 6.45) is 0.944. The Morgan fingerprint density at radius 3 is 2.50 bits per heavy atom. The molecule has 0 saturated heterocycles. The maximum atomic E-state index is 12.3. The summed E-state index contributed by atoms with van der Waals surface area (Å²) in [6.45, 7) is 4.36. The van der Waals surface area contributed by atoms with Crippen LogP contribution in [0.2, 0.25) is 0 Å². The Hall–Kier alpha value is -1.12. The number of carbonyl (C=O) groups excluding carboxylic acids is 1. The lowest BCUT2D eigenvalue weighted by Crippen LogP contribution is -2.42. The SMILES string of the molecule is CCC(S)N(C(=O)OCCn1c(=O)sc2ccccc21)C(S)CC. The first kappa shape index (κ1) is 19.2. The number of hydrogen-bond acceptors (Lipinski definition) is 6. The topological polar surface area (TPSA) is 51.5 Å². The monoisotopic (exact) mass is 386 g/mol. The Morgan fingerprint density at radius 1 is 1.25 bits per heavy atom. The molecule has 0 saturated carbocycles. The molecule has 0 radical (unpaired) electrons. The van der Waals surface area contributed by atoms with E-state index in [4.69, 9.17) is 4.74 Å². The second-order valence-corrected chi connectivity index (χ2v) is 7.47. The van der Waals surface area contributed by atoms with Gasteiger partial charge in [-0.15, -0.1) is 0 Å². The van der Waals surface area contributed by atoms with Crippen molar-refractivity contribution in [1.29, 1.82) is 0 Å². The van der Waals surface area contributed by atoms with Crippen LogP contribution in [0.1, 0.15) is 26.7 Å². The van der Waals surface area contributed by atoms with Gasteiger partial charge in [0.25, 0.3) is 0 Å². The first-order chi connectivity index (χ1) is 11.5. The van der Waals surface area contributed by atoms with Crippen molar-refractivity contribution in [2.75, 3.05) is 6.61 Å². The van der Waals surface area contributed by atoms with Gasteiger partial charge in [-0.05, 0) is 25.0 Å². The summed E-state index contributed by atoms with van der Waals surface area (Å²) in [5.41, 5.74) is 0.863. The molecule has 2 atom stereocenters. The van der Waals surface area contributed by atoms with Gasteiger partial charge in [-0.2, -0.15) is 25.3 Å². The molecule has 0 aliphatic heterocycles. The predicted molar refractivity (Wildman–Crippen MR) is 105 cm³/mol. The van der Waals surface area contributed by atoms with E-state index in [1.165, 1.54) is 16.2 Å². The minimum Gasteiger partial charge on any atom is -0.447 e. The third-order valence-electron chi connectivity index (χ3n) is 3.70. The number of benzene rings is 1. The average molecular weight is 387 g/mol. The summed E-state index contributed by atoms with van der Waals surface area (Å²) in [4.78, 5) is 25.9. The molecule has 0 N–H and O–H groups in total. The maximum absolute atomic E-state index is 12.3. The zero-order chi connectivity index (χ0) is 17.7. The first-order valence-corrected chi connectivity index (χ1v) is 9.74. The highest BCUT2D eigenvalue weighted by Crippen LogP contribution is 2.19. The number of carbonyl (C=O) groups is 1. The van der Waals surface area contributed by atoms with Gasteiger partial charge >= 0.3 is 11.0 Å². The molecule has 0 spiro atoms. The molecule has 1 aromatic carbocycles. The van der Waals surface area contributed by atoms with Crippen LogP contribution in [-0.2, 0) is 11.3 Å². The molecule has 132 valence electrons. The van der Waals surface area contributed by atoms with Crippen molar-refractivity contribution >= 4 is 52.9 Å². The van der Waals surface area contributed by atoms with Crippen LogP contribution < -0.4 is 4.87 Å². The number of thiazole rings is 1. The Kier molecular flexibility index (Phi) is 7.06. The minimum absolute atomic E-state index is 0.0506. The molecule has 24 heavy (non-hydrogen) atoms. The molecule has 1 heterocycles. The standard InChI is InChI=1S/C16H22N2O3S3/c1-3-13(22)18(14(23)4-2)15(19)21-10-9-17-11-7-5-6-8-12(11)24-16(17)20/h5-8,13-14,22-23H,3-4,9-10H2,1-2H3. The molecular formula is C16H22N2O3S3. The van der Waals surface area contributed by atoms with Crippen LogP contribution >= 0.6 is 36.6 Å². The first-order valence-electron chi connectivity index (χ1n) is 7.89. The molecule has 0 bridgehead atoms. The number of ether oxygens (including phenoxy) is 1. The second-order valence-electron chi connectivity index (χ2n) is 5.29. The van der Waals surface area contributed by atoms with Crippen molar-refractivity contribution in [1.82, 2.24) is 9.47 Å². The molecule has 0 aliphatic rings. The molecule has 5 nitrogen and oxygen atoms in total. The zero-order valence-corrected chi connectivity index (χ0v) is 16.3. The van der Waals surface area contributed by atoms with Crippen LogP contribution in [0.5, 0.6) is 0 Å². The number of thiol groups is 2. The van der Waals surface area contributed by atoms with Crippen LogP contribution in [0.3, 0.4) is 0 Å². The lowest BCUT2D eigenvalue weighted by atomic mass is 10.3. The van der Waals surface area contributed by atoms with E-state index in [2.05, 4.69) is 25.3 Å². The van der Waals surface area contributed by atoms with Crippen LogP contribution in [0, 0.1) is 0 Å². The fourth-order valence-corrected chi connectivity index (χ4v) is 3.89. The van der Waals surface area contributed by atoms with Gasteiger partial charge < -0.3 is 4.74 Å². The number of amides is 1. The fraction of sp³-hybridized carbons (Fsp3) is 0.500. The van der Waals surface area contributed by atoms with E-state index in [0.29, 0.717) is 19.4 Å². The van der Waals surface area contributed by atoms with Gasteiger partial charge in [0.2, 0.25) is 0 Å². The van der Waals surface area contributed by atoms with Gasteiger partial charge in [-0.3, -0.25) is 14.3 Å². The highest BCUT2D eigenvalue weighted by Gasteiger charge is 2.26. The van der Waals surface area contributed by atoms with Crippen LogP contribution in [-0.4, -0.2) is 32.9 Å². The van der Waals surface area contributed by atoms with E-state index >= 15 is 0 Å². The molecular weight excluding hydrogens is 364 g/mol. The number of aromatic nitrogens is 1. The summed E-state index contributed by atoms with van der Waals surface area (Å²) in [7, 11) is 0. The van der Waals surface area contributed by atoms with Gasteiger partial charge in [-0.25, -0.2) is 4.79 Å². The van der Waals surface area contributed by atoms with Crippen molar-refractivity contribution < 1.29 is 9.53 Å². The van der Waals surface area contributed by atoms with Crippen molar-refractivity contribution in [3.63, 3.8) is 0 Å². The summed E-state index contributed by atoms with van der Waals surface area (Å²) in [6, 6.07) is 7.59. The van der Waals surface area contributed by atoms with Gasteiger partial charge in [0.05, 0.1) is 27.5 Å². The molecule has 1 amide bonds. The third-order valence-corrected chi connectivity index (χ3v) is 5.89. The van der Waals surface area contributed by atoms with Gasteiger partial charge in [0.15, 0.2) is 0 Å². The lowest BCUT2D eigenvalue weighted by Gasteiger charge is -2.31. The number of fused-ring (bicyclic) bond motifs is 1. The summed E-state index contributed by atoms with van der Waals surface area (Å²) in [5, 5.41) is -0.491. The van der Waals surface area contributed by atoms with E-state index < -0.39 is 6.09 Å². The van der Waals surface area contributed by atoms with E-state index in [0.717, 1.165) is 10.2 Å². The third kappa shape index (κ3) is 4.29. The Morgan fingerprint density at radius 2 is 1.88 bits per heavy atom. The van der Waals surface area contributed by atoms with Crippen molar-refractivity contribution in [3.05, 3.63) is 33.9 Å². The molecule has 0 fully saturated rings. The van der Waals surface area contributed by atoms with Crippen LogP contribution in [0.25, 0.3) is 10.2 Å². The highest BCUT2D eigenvalue weighted by atomic mass is 32.1. The lowest BCUT2D eigenvalue weighted by molar-refractivity contribution is 0.0910. The number of hydrogen-bond donors (Lipinski definition) is 2. The quantitative estimate of drug-likeness (QED) is 0.562. The normalized spacial score (nSPS) is 13.7. The van der Waals surface area contributed by atoms with Crippen molar-refractivity contribution in [3.8, 4) is 0 Å². The van der Waals surface area contributed by atoms with Crippen molar-refractivity contribution in [2.45, 2.75) is 44.0 Å². The number of para-hydroxylation sites is 1. The van der Waals surface area contributed by atoms with E-state index in [1.807, 2.05) is 38.1 Å². The van der Waals surface area contributed by atoms with Crippen LogP contribution in [0.4, 0.5) is 4.79 Å². The van der Waals surface area contributed by atoms with E-state index in [1.54, 1.807) is 4.57 Å². The molecule has 2 rings (SSSR count). The van der Waals surface area contributed by atoms with Gasteiger partial charge in [-0.1, -0.05) is 37.3 Å². The summed E-state index contributed by atoms with van der Waals surface area (Å²) >= 11 is 10.0. The second kappa shape index (κ2) is 8.82. The molecule has 8 heteroatoms.